The first-order valence-electron chi connectivity index (χ1n) is 5.08. The van der Waals surface area contributed by atoms with Crippen LogP contribution in [0.1, 0.15) is 24.8 Å². The van der Waals surface area contributed by atoms with E-state index in [1.165, 1.54) is 6.42 Å². The smallest absolute Gasteiger partial charge is 0.231 e. The Kier molecular flexibility index (Phi) is 1.88. The zero-order valence-electron chi connectivity index (χ0n) is 8.25. The van der Waals surface area contributed by atoms with Gasteiger partial charge in [0, 0.05) is 16.6 Å². The van der Waals surface area contributed by atoms with Crippen molar-refractivity contribution in [1.82, 2.24) is 0 Å². The van der Waals surface area contributed by atoms with Crippen LogP contribution in [0.2, 0.25) is 5.02 Å². The summed E-state index contributed by atoms with van der Waals surface area (Å²) in [5.74, 6) is 1.47. The van der Waals surface area contributed by atoms with E-state index >= 15 is 0 Å². The Bertz CT molecular complexity index is 415. The summed E-state index contributed by atoms with van der Waals surface area (Å²) < 4.78 is 10.6. The summed E-state index contributed by atoms with van der Waals surface area (Å²) in [7, 11) is 0. The molecular formula is C11H12ClNO2. The quantitative estimate of drug-likeness (QED) is 0.798. The zero-order valence-corrected chi connectivity index (χ0v) is 9.01. The Morgan fingerprint density at radius 3 is 2.47 bits per heavy atom. The first kappa shape index (κ1) is 9.31. The molecule has 1 heterocycles. The minimum Gasteiger partial charge on any atom is -0.454 e. The third-order valence-corrected chi connectivity index (χ3v) is 3.56. The van der Waals surface area contributed by atoms with Crippen molar-refractivity contribution in [2.75, 3.05) is 6.79 Å². The Balaban J connectivity index is 2.08. The average Bonchev–Trinajstić information content (AvgIpc) is 2.60. The molecule has 1 fully saturated rings. The van der Waals surface area contributed by atoms with Crippen LogP contribution in [0.4, 0.5) is 0 Å². The van der Waals surface area contributed by atoms with E-state index in [1.54, 1.807) is 6.07 Å². The van der Waals surface area contributed by atoms with Gasteiger partial charge in [-0.05, 0) is 30.9 Å². The highest BCUT2D eigenvalue weighted by Gasteiger charge is 2.37. The van der Waals surface area contributed by atoms with Crippen molar-refractivity contribution in [3.05, 3.63) is 22.7 Å². The molecular weight excluding hydrogens is 214 g/mol. The number of hydrogen-bond acceptors (Lipinski definition) is 3. The van der Waals surface area contributed by atoms with Crippen LogP contribution in [0, 0.1) is 0 Å². The molecule has 1 aliphatic heterocycles. The summed E-state index contributed by atoms with van der Waals surface area (Å²) in [5, 5.41) is 0.682. The molecule has 1 aromatic rings. The Morgan fingerprint density at radius 1 is 1.20 bits per heavy atom. The van der Waals surface area contributed by atoms with Gasteiger partial charge < -0.3 is 15.2 Å². The van der Waals surface area contributed by atoms with Crippen molar-refractivity contribution in [2.24, 2.45) is 5.73 Å². The number of ether oxygens (including phenoxy) is 2. The highest BCUT2D eigenvalue weighted by molar-refractivity contribution is 6.31. The minimum atomic E-state index is -0.252. The molecule has 0 saturated heterocycles. The molecule has 80 valence electrons. The summed E-state index contributed by atoms with van der Waals surface area (Å²) >= 11 is 6.19. The highest BCUT2D eigenvalue weighted by Crippen LogP contribution is 2.46. The van der Waals surface area contributed by atoms with Crippen molar-refractivity contribution >= 4 is 11.6 Å². The maximum atomic E-state index is 6.24. The van der Waals surface area contributed by atoms with Crippen molar-refractivity contribution in [2.45, 2.75) is 24.8 Å². The molecule has 2 N–H and O–H groups in total. The molecule has 0 radical (unpaired) electrons. The zero-order chi connectivity index (χ0) is 10.5. The van der Waals surface area contributed by atoms with Gasteiger partial charge in [-0.2, -0.15) is 0 Å². The van der Waals surface area contributed by atoms with Crippen LogP contribution < -0.4 is 15.2 Å². The van der Waals surface area contributed by atoms with E-state index in [-0.39, 0.29) is 12.3 Å². The van der Waals surface area contributed by atoms with E-state index in [0.29, 0.717) is 10.8 Å². The molecule has 0 aromatic heterocycles. The lowest BCUT2D eigenvalue weighted by Crippen LogP contribution is -2.43. The fraction of sp³-hybridized carbons (Fsp3) is 0.455. The molecule has 0 atom stereocenters. The summed E-state index contributed by atoms with van der Waals surface area (Å²) in [6.45, 7) is 0.271. The lowest BCUT2D eigenvalue weighted by atomic mass is 9.72. The van der Waals surface area contributed by atoms with Crippen molar-refractivity contribution < 1.29 is 9.47 Å². The van der Waals surface area contributed by atoms with Crippen LogP contribution in [0.25, 0.3) is 0 Å². The highest BCUT2D eigenvalue weighted by atomic mass is 35.5. The van der Waals surface area contributed by atoms with Gasteiger partial charge in [0.1, 0.15) is 0 Å². The lowest BCUT2D eigenvalue weighted by Gasteiger charge is -2.39. The van der Waals surface area contributed by atoms with E-state index in [4.69, 9.17) is 26.8 Å². The fourth-order valence-corrected chi connectivity index (χ4v) is 2.47. The number of halogens is 1. The first-order valence-corrected chi connectivity index (χ1v) is 5.45. The van der Waals surface area contributed by atoms with Crippen LogP contribution >= 0.6 is 11.6 Å². The second kappa shape index (κ2) is 3.03. The maximum Gasteiger partial charge on any atom is 0.231 e. The predicted molar refractivity (Wildman–Crippen MR) is 57.3 cm³/mol. The first-order chi connectivity index (χ1) is 7.19. The number of benzene rings is 1. The maximum absolute atomic E-state index is 6.24. The van der Waals surface area contributed by atoms with E-state index < -0.39 is 0 Å². The third kappa shape index (κ3) is 1.30. The van der Waals surface area contributed by atoms with Crippen LogP contribution in [0.3, 0.4) is 0 Å². The molecule has 3 nitrogen and oxygen atoms in total. The lowest BCUT2D eigenvalue weighted by molar-refractivity contribution is 0.173. The van der Waals surface area contributed by atoms with E-state index in [2.05, 4.69) is 0 Å². The van der Waals surface area contributed by atoms with Gasteiger partial charge in [0.2, 0.25) is 6.79 Å². The molecule has 4 heteroatoms. The van der Waals surface area contributed by atoms with Crippen LogP contribution in [-0.4, -0.2) is 6.79 Å². The van der Waals surface area contributed by atoms with Gasteiger partial charge in [-0.1, -0.05) is 11.6 Å². The molecule has 2 aliphatic rings. The van der Waals surface area contributed by atoms with E-state index in [0.717, 1.165) is 24.2 Å². The summed E-state index contributed by atoms with van der Waals surface area (Å²) in [5.41, 5.74) is 6.97. The Morgan fingerprint density at radius 2 is 1.87 bits per heavy atom. The molecule has 1 saturated carbocycles. The number of nitrogens with two attached hydrogens (primary N) is 1. The van der Waals surface area contributed by atoms with Crippen molar-refractivity contribution in [1.29, 1.82) is 0 Å². The molecule has 0 spiro atoms. The molecule has 15 heavy (non-hydrogen) atoms. The van der Waals surface area contributed by atoms with Crippen LogP contribution in [-0.2, 0) is 5.54 Å². The van der Waals surface area contributed by atoms with E-state index in [9.17, 15) is 0 Å². The second-order valence-electron chi connectivity index (χ2n) is 4.20. The predicted octanol–water partition coefficient (Wildman–Crippen LogP) is 2.41. The molecule has 0 unspecified atom stereocenters. The van der Waals surface area contributed by atoms with Crippen molar-refractivity contribution in [3.8, 4) is 11.5 Å². The van der Waals surface area contributed by atoms with Gasteiger partial charge in [-0.15, -0.1) is 0 Å². The second-order valence-corrected chi connectivity index (χ2v) is 4.60. The average molecular weight is 226 g/mol. The van der Waals surface area contributed by atoms with Gasteiger partial charge in [0.05, 0.1) is 0 Å². The topological polar surface area (TPSA) is 44.5 Å². The number of rotatable bonds is 1. The number of fused-ring (bicyclic) bond motifs is 1. The van der Waals surface area contributed by atoms with Gasteiger partial charge in [0.15, 0.2) is 11.5 Å². The SMILES string of the molecule is NC1(c2cc3c(cc2Cl)OCO3)CCC1. The summed E-state index contributed by atoms with van der Waals surface area (Å²) in [6, 6.07) is 3.72. The standard InChI is InChI=1S/C11H12ClNO2/c12-8-5-10-9(14-6-15-10)4-7(8)11(13)2-1-3-11/h4-5H,1-3,6,13H2. The fourth-order valence-electron chi connectivity index (χ4n) is 2.13. The van der Waals surface area contributed by atoms with E-state index in [1.807, 2.05) is 6.07 Å². The molecule has 3 rings (SSSR count). The van der Waals surface area contributed by atoms with Crippen LogP contribution in [0.5, 0.6) is 11.5 Å². The van der Waals surface area contributed by atoms with Crippen LogP contribution in [0.15, 0.2) is 12.1 Å². The molecule has 0 amide bonds. The van der Waals surface area contributed by atoms with Gasteiger partial charge in [0.25, 0.3) is 0 Å². The van der Waals surface area contributed by atoms with Gasteiger partial charge in [-0.3, -0.25) is 0 Å². The minimum absolute atomic E-state index is 0.252. The molecule has 0 bridgehead atoms. The normalized spacial score (nSPS) is 21.2. The Labute approximate surface area is 93.1 Å². The summed E-state index contributed by atoms with van der Waals surface area (Å²) in [4.78, 5) is 0. The van der Waals surface area contributed by atoms with Gasteiger partial charge in [-0.25, -0.2) is 0 Å². The largest absolute Gasteiger partial charge is 0.454 e. The summed E-state index contributed by atoms with van der Waals surface area (Å²) in [6.07, 6.45) is 3.15. The molecule has 1 aromatic carbocycles. The monoisotopic (exact) mass is 225 g/mol. The number of hydrogen-bond donors (Lipinski definition) is 1. The van der Waals surface area contributed by atoms with Gasteiger partial charge >= 0.3 is 0 Å². The third-order valence-electron chi connectivity index (χ3n) is 3.24. The molecule has 1 aliphatic carbocycles. The van der Waals surface area contributed by atoms with Crippen molar-refractivity contribution in [3.63, 3.8) is 0 Å². The Hall–Kier alpha value is -0.930.